The molecule has 1 aromatic heterocycles. The van der Waals surface area contributed by atoms with Crippen molar-refractivity contribution in [3.8, 4) is 0 Å². The molecule has 0 saturated heterocycles. The summed E-state index contributed by atoms with van der Waals surface area (Å²) in [5, 5.41) is 9.18. The van der Waals surface area contributed by atoms with E-state index in [-0.39, 0.29) is 0 Å². The van der Waals surface area contributed by atoms with Gasteiger partial charge in [-0.2, -0.15) is 12.6 Å². The van der Waals surface area contributed by atoms with E-state index in [0.717, 1.165) is 16.5 Å². The normalized spacial score (nSPS) is 12.9. The topological polar surface area (TPSA) is 53.1 Å². The molecule has 1 aromatic carbocycles. The van der Waals surface area contributed by atoms with Crippen molar-refractivity contribution in [3.63, 3.8) is 0 Å². The fourth-order valence-electron chi connectivity index (χ4n) is 1.60. The predicted molar refractivity (Wildman–Crippen MR) is 62.4 cm³/mol. The van der Waals surface area contributed by atoms with Crippen LogP contribution in [-0.4, -0.2) is 21.3 Å². The monoisotopic (exact) mass is 221 g/mol. The van der Waals surface area contributed by atoms with Crippen LogP contribution in [0.2, 0.25) is 0 Å². The molecule has 1 heterocycles. The molecule has 4 heteroatoms. The number of aromatic amines is 1. The Morgan fingerprint density at radius 3 is 2.93 bits per heavy atom. The number of carboxylic acid groups (broad SMARTS) is 1. The summed E-state index contributed by atoms with van der Waals surface area (Å²) in [4.78, 5) is 13.8. The molecule has 0 aliphatic carbocycles. The summed E-state index contributed by atoms with van der Waals surface area (Å²) in [5.41, 5.74) is 2.02. The zero-order valence-electron chi connectivity index (χ0n) is 7.97. The second-order valence-corrected chi connectivity index (χ2v) is 4.04. The molecule has 0 unspecified atom stereocenters. The molecule has 0 amide bonds. The Hall–Kier alpha value is -1.42. The molecule has 15 heavy (non-hydrogen) atoms. The van der Waals surface area contributed by atoms with Crippen molar-refractivity contribution in [1.29, 1.82) is 0 Å². The average molecular weight is 221 g/mol. The maximum atomic E-state index is 10.7. The van der Waals surface area contributed by atoms with Crippen LogP contribution in [0.25, 0.3) is 10.9 Å². The number of benzene rings is 1. The van der Waals surface area contributed by atoms with Crippen LogP contribution in [-0.2, 0) is 11.2 Å². The van der Waals surface area contributed by atoms with Crippen molar-refractivity contribution in [3.05, 3.63) is 36.0 Å². The van der Waals surface area contributed by atoms with E-state index >= 15 is 0 Å². The van der Waals surface area contributed by atoms with Gasteiger partial charge in [-0.25, -0.2) is 0 Å². The summed E-state index contributed by atoms with van der Waals surface area (Å²) >= 11 is 4.02. The highest BCUT2D eigenvalue weighted by molar-refractivity contribution is 7.81. The maximum absolute atomic E-state index is 10.7. The zero-order valence-corrected chi connectivity index (χ0v) is 8.87. The molecule has 2 rings (SSSR count). The number of carbonyl (C=O) groups is 1. The standard InChI is InChI=1S/C11H11NO2S/c13-11(14)10(15)5-7-6-12-9-4-2-1-3-8(7)9/h1-4,6,10,12,15H,5H2,(H,13,14)/t10-/m0/s1. The van der Waals surface area contributed by atoms with Gasteiger partial charge >= 0.3 is 5.97 Å². The molecular weight excluding hydrogens is 210 g/mol. The molecule has 0 aliphatic rings. The first kappa shape index (κ1) is 10.1. The number of para-hydroxylation sites is 1. The third-order valence-electron chi connectivity index (χ3n) is 2.37. The smallest absolute Gasteiger partial charge is 0.316 e. The first-order chi connectivity index (χ1) is 7.18. The van der Waals surface area contributed by atoms with Crippen molar-refractivity contribution >= 4 is 29.5 Å². The molecule has 0 radical (unpaired) electrons. The second-order valence-electron chi connectivity index (χ2n) is 3.42. The molecule has 2 aromatic rings. The lowest BCUT2D eigenvalue weighted by molar-refractivity contribution is -0.136. The lowest BCUT2D eigenvalue weighted by Crippen LogP contribution is -2.15. The van der Waals surface area contributed by atoms with Gasteiger partial charge in [0, 0.05) is 17.1 Å². The van der Waals surface area contributed by atoms with Crippen molar-refractivity contribution in [2.45, 2.75) is 11.7 Å². The van der Waals surface area contributed by atoms with E-state index in [4.69, 9.17) is 5.11 Å². The first-order valence-electron chi connectivity index (χ1n) is 4.64. The Morgan fingerprint density at radius 1 is 1.47 bits per heavy atom. The van der Waals surface area contributed by atoms with E-state index < -0.39 is 11.2 Å². The molecule has 0 saturated carbocycles. The molecule has 0 bridgehead atoms. The molecule has 1 atom stereocenters. The maximum Gasteiger partial charge on any atom is 0.316 e. The quantitative estimate of drug-likeness (QED) is 0.695. The van der Waals surface area contributed by atoms with Crippen LogP contribution in [0.4, 0.5) is 0 Å². The van der Waals surface area contributed by atoms with E-state index in [1.54, 1.807) is 0 Å². The first-order valence-corrected chi connectivity index (χ1v) is 5.16. The Bertz CT molecular complexity index is 492. The number of rotatable bonds is 3. The molecular formula is C11H11NO2S. The Balaban J connectivity index is 2.32. The van der Waals surface area contributed by atoms with Crippen LogP contribution in [0.1, 0.15) is 5.56 Å². The third-order valence-corrected chi connectivity index (χ3v) is 2.78. The number of aliphatic carboxylic acids is 1. The Labute approximate surface area is 92.5 Å². The summed E-state index contributed by atoms with van der Waals surface area (Å²) in [7, 11) is 0. The second kappa shape index (κ2) is 3.98. The Morgan fingerprint density at radius 2 is 2.20 bits per heavy atom. The van der Waals surface area contributed by atoms with Crippen molar-refractivity contribution in [2.24, 2.45) is 0 Å². The van der Waals surface area contributed by atoms with Crippen molar-refractivity contribution < 1.29 is 9.90 Å². The number of hydrogen-bond donors (Lipinski definition) is 3. The fourth-order valence-corrected chi connectivity index (χ4v) is 1.79. The van der Waals surface area contributed by atoms with Gasteiger partial charge in [-0.1, -0.05) is 18.2 Å². The van der Waals surface area contributed by atoms with Gasteiger partial charge in [-0.05, 0) is 18.1 Å². The number of nitrogens with one attached hydrogen (secondary N) is 1. The minimum atomic E-state index is -0.886. The van der Waals surface area contributed by atoms with Crippen LogP contribution in [0.5, 0.6) is 0 Å². The molecule has 0 fully saturated rings. The van der Waals surface area contributed by atoms with Gasteiger partial charge < -0.3 is 10.1 Å². The van der Waals surface area contributed by atoms with Crippen molar-refractivity contribution in [1.82, 2.24) is 4.98 Å². The zero-order chi connectivity index (χ0) is 10.8. The SMILES string of the molecule is O=C(O)[C@@H](S)Cc1c[nH]c2ccccc12. The number of hydrogen-bond acceptors (Lipinski definition) is 2. The third kappa shape index (κ3) is 1.99. The van der Waals surface area contributed by atoms with Crippen LogP contribution in [0.15, 0.2) is 30.5 Å². The summed E-state index contributed by atoms with van der Waals surface area (Å²) in [6.07, 6.45) is 2.28. The fraction of sp³-hybridized carbons (Fsp3) is 0.182. The largest absolute Gasteiger partial charge is 0.480 e. The summed E-state index contributed by atoms with van der Waals surface area (Å²) in [6, 6.07) is 7.82. The number of carboxylic acids is 1. The molecule has 0 spiro atoms. The number of fused-ring (bicyclic) bond motifs is 1. The van der Waals surface area contributed by atoms with Gasteiger partial charge in [0.15, 0.2) is 0 Å². The van der Waals surface area contributed by atoms with Gasteiger partial charge in [0.25, 0.3) is 0 Å². The van der Waals surface area contributed by atoms with E-state index in [1.165, 1.54) is 0 Å². The minimum Gasteiger partial charge on any atom is -0.480 e. The van der Waals surface area contributed by atoms with E-state index in [1.807, 2.05) is 30.5 Å². The van der Waals surface area contributed by atoms with Gasteiger partial charge in [-0.15, -0.1) is 0 Å². The van der Waals surface area contributed by atoms with Gasteiger partial charge in [0.2, 0.25) is 0 Å². The van der Waals surface area contributed by atoms with Crippen molar-refractivity contribution in [2.75, 3.05) is 0 Å². The van der Waals surface area contributed by atoms with Crippen LogP contribution < -0.4 is 0 Å². The van der Waals surface area contributed by atoms with Gasteiger partial charge in [0.05, 0.1) is 0 Å². The van der Waals surface area contributed by atoms with E-state index in [9.17, 15) is 4.79 Å². The van der Waals surface area contributed by atoms with Gasteiger partial charge in [0.1, 0.15) is 5.25 Å². The molecule has 78 valence electrons. The molecule has 2 N–H and O–H groups in total. The van der Waals surface area contributed by atoms with E-state index in [2.05, 4.69) is 17.6 Å². The van der Waals surface area contributed by atoms with Crippen LogP contribution in [0.3, 0.4) is 0 Å². The van der Waals surface area contributed by atoms with E-state index in [0.29, 0.717) is 6.42 Å². The number of thiol groups is 1. The number of aromatic nitrogens is 1. The molecule has 3 nitrogen and oxygen atoms in total. The highest BCUT2D eigenvalue weighted by Gasteiger charge is 2.14. The predicted octanol–water partition coefficient (Wildman–Crippen LogP) is 2.09. The Kier molecular flexibility index (Phi) is 2.68. The minimum absolute atomic E-state index is 0.433. The average Bonchev–Trinajstić information content (AvgIpc) is 2.62. The summed E-state index contributed by atoms with van der Waals surface area (Å²) in [6.45, 7) is 0. The lowest BCUT2D eigenvalue weighted by Gasteiger charge is -2.03. The lowest BCUT2D eigenvalue weighted by atomic mass is 10.1. The molecule has 0 aliphatic heterocycles. The van der Waals surface area contributed by atoms with Crippen LogP contribution in [0, 0.1) is 0 Å². The van der Waals surface area contributed by atoms with Gasteiger partial charge in [-0.3, -0.25) is 4.79 Å². The highest BCUT2D eigenvalue weighted by atomic mass is 32.1. The summed E-state index contributed by atoms with van der Waals surface area (Å²) in [5.74, 6) is -0.886. The number of H-pyrrole nitrogens is 1. The van der Waals surface area contributed by atoms with Crippen LogP contribution >= 0.6 is 12.6 Å². The summed E-state index contributed by atoms with van der Waals surface area (Å²) < 4.78 is 0. The highest BCUT2D eigenvalue weighted by Crippen LogP contribution is 2.20.